The van der Waals surface area contributed by atoms with Crippen molar-refractivity contribution in [3.63, 3.8) is 0 Å². The minimum Gasteiger partial charge on any atom is -0.489 e. The van der Waals surface area contributed by atoms with Gasteiger partial charge in [-0.05, 0) is 55.0 Å². The maximum atomic E-state index is 14.5. The highest BCUT2D eigenvalue weighted by Gasteiger charge is 2.54. The number of ether oxygens (including phenoxy) is 2. The fourth-order valence-electron chi connectivity index (χ4n) is 5.09. The smallest absolute Gasteiger partial charge is 0.343 e. The third-order valence-electron chi connectivity index (χ3n) is 6.82. The molecule has 0 bridgehead atoms. The average Bonchev–Trinajstić information content (AvgIpc) is 3.33. The molecule has 2 fully saturated rings. The number of carbonyl (C=O) groups is 1. The number of fused-ring (bicyclic) bond motifs is 2. The lowest BCUT2D eigenvalue weighted by molar-refractivity contribution is 0.0528. The lowest BCUT2D eigenvalue weighted by Gasteiger charge is -2.30. The second-order valence-electron chi connectivity index (χ2n) is 9.05. The standard InChI is InChI=1S/C27H25FN4O3/c1-2-34-27(33)22-14-29-32-11-10-24(30-26(22)32)31-15-18-12-20(18)25(31)21-13-19(28)8-9-23(21)35-16-17-6-4-3-5-7-17/h3-11,13-14,18,20,25H,2,12,15-16H2,1H3. The highest BCUT2D eigenvalue weighted by molar-refractivity contribution is 5.95. The number of rotatable bonds is 7. The van der Waals surface area contributed by atoms with E-state index in [0.717, 1.165) is 29.9 Å². The van der Waals surface area contributed by atoms with Gasteiger partial charge in [-0.2, -0.15) is 5.10 Å². The molecule has 1 saturated heterocycles. The van der Waals surface area contributed by atoms with Crippen molar-refractivity contribution in [2.75, 3.05) is 18.1 Å². The fourth-order valence-corrected chi connectivity index (χ4v) is 5.09. The van der Waals surface area contributed by atoms with Crippen molar-refractivity contribution in [1.82, 2.24) is 14.6 Å². The molecule has 0 spiro atoms. The molecule has 1 aliphatic heterocycles. The molecule has 8 heteroatoms. The lowest BCUT2D eigenvalue weighted by atomic mass is 10.0. The average molecular weight is 473 g/mol. The number of esters is 1. The molecule has 0 amide bonds. The van der Waals surface area contributed by atoms with Gasteiger partial charge in [0.2, 0.25) is 0 Å². The van der Waals surface area contributed by atoms with Crippen LogP contribution in [0.25, 0.3) is 5.65 Å². The van der Waals surface area contributed by atoms with Crippen LogP contribution in [-0.4, -0.2) is 33.7 Å². The molecule has 7 nitrogen and oxygen atoms in total. The van der Waals surface area contributed by atoms with Gasteiger partial charge in [0.15, 0.2) is 5.65 Å². The Labute approximate surface area is 202 Å². The Morgan fingerprint density at radius 1 is 1.17 bits per heavy atom. The molecule has 178 valence electrons. The molecule has 0 N–H and O–H groups in total. The fraction of sp³-hybridized carbons (Fsp3) is 0.296. The molecule has 3 atom stereocenters. The maximum Gasteiger partial charge on any atom is 0.343 e. The number of benzene rings is 2. The van der Waals surface area contributed by atoms with Crippen LogP contribution in [0.4, 0.5) is 10.2 Å². The minimum atomic E-state index is -0.449. The first-order valence-electron chi connectivity index (χ1n) is 11.9. The number of hydrogen-bond acceptors (Lipinski definition) is 6. The number of piperidine rings is 1. The van der Waals surface area contributed by atoms with E-state index in [2.05, 4.69) is 10.00 Å². The minimum absolute atomic E-state index is 0.0645. The monoisotopic (exact) mass is 472 g/mol. The first kappa shape index (κ1) is 21.6. The Balaban J connectivity index is 1.35. The predicted octanol–water partition coefficient (Wildman–Crippen LogP) is 4.82. The molecule has 3 unspecified atom stereocenters. The number of aromatic nitrogens is 3. The Hall–Kier alpha value is -3.94. The van der Waals surface area contributed by atoms with Gasteiger partial charge in [0, 0.05) is 18.3 Å². The van der Waals surface area contributed by atoms with Crippen molar-refractivity contribution in [3.8, 4) is 5.75 Å². The Morgan fingerprint density at radius 2 is 2.03 bits per heavy atom. The summed E-state index contributed by atoms with van der Waals surface area (Å²) in [6, 6.07) is 16.5. The molecule has 3 heterocycles. The van der Waals surface area contributed by atoms with E-state index in [1.165, 1.54) is 12.3 Å². The number of halogens is 1. The first-order valence-corrected chi connectivity index (χ1v) is 11.9. The largest absolute Gasteiger partial charge is 0.489 e. The van der Waals surface area contributed by atoms with Gasteiger partial charge in [-0.3, -0.25) is 0 Å². The topological polar surface area (TPSA) is 69.0 Å². The van der Waals surface area contributed by atoms with Crippen LogP contribution in [-0.2, 0) is 11.3 Å². The second-order valence-corrected chi connectivity index (χ2v) is 9.05. The van der Waals surface area contributed by atoms with Crippen molar-refractivity contribution < 1.29 is 18.7 Å². The van der Waals surface area contributed by atoms with E-state index in [1.54, 1.807) is 29.8 Å². The van der Waals surface area contributed by atoms with Crippen molar-refractivity contribution in [2.45, 2.75) is 26.0 Å². The van der Waals surface area contributed by atoms with Gasteiger partial charge in [0.25, 0.3) is 0 Å². The van der Waals surface area contributed by atoms with Crippen LogP contribution in [0.5, 0.6) is 5.75 Å². The summed E-state index contributed by atoms with van der Waals surface area (Å²) in [5.41, 5.74) is 2.65. The molecule has 6 rings (SSSR count). The van der Waals surface area contributed by atoms with E-state index in [0.29, 0.717) is 35.4 Å². The number of anilines is 1. The van der Waals surface area contributed by atoms with Gasteiger partial charge < -0.3 is 14.4 Å². The van der Waals surface area contributed by atoms with Crippen LogP contribution in [0.15, 0.2) is 67.0 Å². The summed E-state index contributed by atoms with van der Waals surface area (Å²) in [7, 11) is 0. The van der Waals surface area contributed by atoms with Gasteiger partial charge in [0.05, 0.1) is 18.8 Å². The zero-order valence-corrected chi connectivity index (χ0v) is 19.3. The molecule has 2 aromatic carbocycles. The number of hydrogen-bond donors (Lipinski definition) is 0. The Morgan fingerprint density at radius 3 is 2.86 bits per heavy atom. The van der Waals surface area contributed by atoms with E-state index in [4.69, 9.17) is 14.5 Å². The van der Waals surface area contributed by atoms with Crippen LogP contribution in [0.2, 0.25) is 0 Å². The molecule has 1 saturated carbocycles. The maximum absolute atomic E-state index is 14.5. The van der Waals surface area contributed by atoms with E-state index in [-0.39, 0.29) is 18.5 Å². The zero-order chi connectivity index (χ0) is 23.9. The summed E-state index contributed by atoms with van der Waals surface area (Å²) in [5, 5.41) is 4.23. The van der Waals surface area contributed by atoms with Crippen LogP contribution >= 0.6 is 0 Å². The summed E-state index contributed by atoms with van der Waals surface area (Å²) in [6.45, 7) is 3.26. The third kappa shape index (κ3) is 3.99. The lowest BCUT2D eigenvalue weighted by Crippen LogP contribution is -2.28. The van der Waals surface area contributed by atoms with Crippen LogP contribution in [0, 0.1) is 17.7 Å². The highest BCUT2D eigenvalue weighted by atomic mass is 19.1. The zero-order valence-electron chi connectivity index (χ0n) is 19.3. The SMILES string of the molecule is CCOC(=O)c1cnn2ccc(N3CC4CC4C3c3cc(F)ccc3OCc3ccccc3)nc12. The van der Waals surface area contributed by atoms with Crippen LogP contribution < -0.4 is 9.64 Å². The van der Waals surface area contributed by atoms with Crippen molar-refractivity contribution in [1.29, 1.82) is 0 Å². The summed E-state index contributed by atoms with van der Waals surface area (Å²) in [4.78, 5) is 19.4. The van der Waals surface area contributed by atoms with E-state index >= 15 is 0 Å². The van der Waals surface area contributed by atoms with Crippen LogP contribution in [0.3, 0.4) is 0 Å². The molecule has 0 radical (unpaired) electrons. The van der Waals surface area contributed by atoms with Gasteiger partial charge in [-0.1, -0.05) is 30.3 Å². The van der Waals surface area contributed by atoms with E-state index in [9.17, 15) is 9.18 Å². The Kier molecular flexibility index (Phi) is 5.36. The van der Waals surface area contributed by atoms with Crippen molar-refractivity contribution in [3.05, 3.63) is 89.5 Å². The first-order chi connectivity index (χ1) is 17.1. The third-order valence-corrected chi connectivity index (χ3v) is 6.82. The molecule has 1 aliphatic carbocycles. The number of nitrogens with zero attached hydrogens (tertiary/aromatic N) is 4. The Bertz CT molecular complexity index is 1390. The van der Waals surface area contributed by atoms with Gasteiger partial charge in [-0.25, -0.2) is 18.7 Å². The molecule has 35 heavy (non-hydrogen) atoms. The molecule has 2 aliphatic rings. The molecule has 4 aromatic rings. The molecule has 2 aromatic heterocycles. The highest BCUT2D eigenvalue weighted by Crippen LogP contribution is 2.58. The normalized spacial score (nSPS) is 20.6. The summed E-state index contributed by atoms with van der Waals surface area (Å²) < 4.78 is 27.4. The van der Waals surface area contributed by atoms with Gasteiger partial charge in [0.1, 0.15) is 29.6 Å². The number of carbonyl (C=O) groups excluding carboxylic acids is 1. The van der Waals surface area contributed by atoms with E-state index < -0.39 is 5.97 Å². The molecular weight excluding hydrogens is 447 g/mol. The van der Waals surface area contributed by atoms with Crippen LogP contribution in [0.1, 0.15) is 40.9 Å². The summed E-state index contributed by atoms with van der Waals surface area (Å²) in [5.74, 6) is 1.59. The van der Waals surface area contributed by atoms with Gasteiger partial charge in [-0.15, -0.1) is 0 Å². The van der Waals surface area contributed by atoms with Crippen molar-refractivity contribution in [2.24, 2.45) is 11.8 Å². The van der Waals surface area contributed by atoms with Gasteiger partial charge >= 0.3 is 5.97 Å². The van der Waals surface area contributed by atoms with Crippen molar-refractivity contribution >= 4 is 17.4 Å². The second kappa shape index (κ2) is 8.69. The van der Waals surface area contributed by atoms with E-state index in [1.807, 2.05) is 36.4 Å². The summed E-state index contributed by atoms with van der Waals surface area (Å²) >= 11 is 0. The molecular formula is C27H25FN4O3. The predicted molar refractivity (Wildman–Crippen MR) is 128 cm³/mol. The quantitative estimate of drug-likeness (QED) is 0.359. The summed E-state index contributed by atoms with van der Waals surface area (Å²) in [6.07, 6.45) is 4.36.